The van der Waals surface area contributed by atoms with Crippen molar-refractivity contribution in [3.63, 3.8) is 0 Å². The van der Waals surface area contributed by atoms with Crippen LogP contribution in [0.5, 0.6) is 0 Å². The second-order valence-electron chi connectivity index (χ2n) is 8.26. The Morgan fingerprint density at radius 3 is 2.27 bits per heavy atom. The summed E-state index contributed by atoms with van der Waals surface area (Å²) in [7, 11) is 0. The summed E-state index contributed by atoms with van der Waals surface area (Å²) in [5.74, 6) is -0.492. The SMILES string of the molecule is CC(C)(C)c1ccc(C(=O)NCC(=O)NCc2ccccc2Cn2cccn2)cc1. The first-order valence-electron chi connectivity index (χ1n) is 10.0. The number of carbonyl (C=O) groups excluding carboxylic acids is 2. The largest absolute Gasteiger partial charge is 0.350 e. The molecule has 156 valence electrons. The van der Waals surface area contributed by atoms with Gasteiger partial charge in [0.05, 0.1) is 13.1 Å². The molecule has 0 saturated carbocycles. The van der Waals surface area contributed by atoms with Crippen molar-refractivity contribution in [3.05, 3.63) is 89.2 Å². The van der Waals surface area contributed by atoms with Gasteiger partial charge >= 0.3 is 0 Å². The molecule has 0 fully saturated rings. The zero-order valence-electron chi connectivity index (χ0n) is 17.7. The van der Waals surface area contributed by atoms with Gasteiger partial charge in [0, 0.05) is 24.5 Å². The lowest BCUT2D eigenvalue weighted by molar-refractivity contribution is -0.120. The highest BCUT2D eigenvalue weighted by Crippen LogP contribution is 2.22. The first-order chi connectivity index (χ1) is 14.3. The van der Waals surface area contributed by atoms with Crippen molar-refractivity contribution in [1.82, 2.24) is 20.4 Å². The highest BCUT2D eigenvalue weighted by Gasteiger charge is 2.14. The molecule has 0 aliphatic carbocycles. The van der Waals surface area contributed by atoms with Crippen LogP contribution in [0.15, 0.2) is 67.0 Å². The molecule has 2 amide bonds. The summed E-state index contributed by atoms with van der Waals surface area (Å²) in [6, 6.07) is 17.3. The fourth-order valence-corrected chi connectivity index (χ4v) is 3.09. The molecule has 30 heavy (non-hydrogen) atoms. The Hall–Kier alpha value is -3.41. The maximum atomic E-state index is 12.3. The molecule has 0 unspecified atom stereocenters. The summed E-state index contributed by atoms with van der Waals surface area (Å²) in [6.07, 6.45) is 3.64. The monoisotopic (exact) mass is 404 g/mol. The molecular formula is C24H28N4O2. The number of amides is 2. The van der Waals surface area contributed by atoms with Crippen molar-refractivity contribution in [2.75, 3.05) is 6.54 Å². The Morgan fingerprint density at radius 1 is 0.933 bits per heavy atom. The molecule has 3 aromatic rings. The van der Waals surface area contributed by atoms with Crippen molar-refractivity contribution in [1.29, 1.82) is 0 Å². The van der Waals surface area contributed by atoms with Crippen LogP contribution in [-0.2, 0) is 23.3 Å². The number of benzene rings is 2. The fourth-order valence-electron chi connectivity index (χ4n) is 3.09. The van der Waals surface area contributed by atoms with Crippen molar-refractivity contribution >= 4 is 11.8 Å². The second-order valence-corrected chi connectivity index (χ2v) is 8.26. The zero-order chi connectivity index (χ0) is 21.6. The lowest BCUT2D eigenvalue weighted by atomic mass is 9.87. The quantitative estimate of drug-likeness (QED) is 0.635. The Morgan fingerprint density at radius 2 is 1.63 bits per heavy atom. The van der Waals surface area contributed by atoms with Gasteiger partial charge in [-0.2, -0.15) is 5.10 Å². The van der Waals surface area contributed by atoms with Crippen LogP contribution in [0.2, 0.25) is 0 Å². The minimum Gasteiger partial charge on any atom is -0.350 e. The molecule has 0 aliphatic rings. The van der Waals surface area contributed by atoms with E-state index in [9.17, 15) is 9.59 Å². The van der Waals surface area contributed by atoms with E-state index >= 15 is 0 Å². The van der Waals surface area contributed by atoms with Crippen LogP contribution in [0.25, 0.3) is 0 Å². The lowest BCUT2D eigenvalue weighted by Gasteiger charge is -2.19. The molecule has 6 nitrogen and oxygen atoms in total. The number of nitrogens with zero attached hydrogens (tertiary/aromatic N) is 2. The molecule has 0 radical (unpaired) electrons. The third kappa shape index (κ3) is 5.80. The maximum Gasteiger partial charge on any atom is 0.251 e. The number of hydrogen-bond acceptors (Lipinski definition) is 3. The first-order valence-corrected chi connectivity index (χ1v) is 10.0. The van der Waals surface area contributed by atoms with Crippen LogP contribution in [-0.4, -0.2) is 28.1 Å². The summed E-state index contributed by atoms with van der Waals surface area (Å²) in [5.41, 5.74) is 3.84. The summed E-state index contributed by atoms with van der Waals surface area (Å²) in [4.78, 5) is 24.5. The average molecular weight is 405 g/mol. The van der Waals surface area contributed by atoms with Crippen LogP contribution >= 0.6 is 0 Å². The standard InChI is InChI=1S/C24H28N4O2/c1-24(2,3)21-11-9-18(10-12-21)23(30)26-16-22(29)25-15-19-7-4-5-8-20(19)17-28-14-6-13-27-28/h4-14H,15-17H2,1-3H3,(H,25,29)(H,26,30). The molecule has 0 spiro atoms. The van der Waals surface area contributed by atoms with Gasteiger partial charge in [0.15, 0.2) is 0 Å². The number of rotatable bonds is 7. The third-order valence-electron chi connectivity index (χ3n) is 4.91. The van der Waals surface area contributed by atoms with E-state index in [1.165, 1.54) is 0 Å². The van der Waals surface area contributed by atoms with Gasteiger partial charge in [0.2, 0.25) is 5.91 Å². The topological polar surface area (TPSA) is 76.0 Å². The molecule has 2 N–H and O–H groups in total. The van der Waals surface area contributed by atoms with Gasteiger partial charge in [0.25, 0.3) is 5.91 Å². The third-order valence-corrected chi connectivity index (χ3v) is 4.91. The van der Waals surface area contributed by atoms with Gasteiger partial charge in [-0.05, 0) is 40.3 Å². The molecule has 0 atom stereocenters. The van der Waals surface area contributed by atoms with Crippen LogP contribution in [0.4, 0.5) is 0 Å². The Labute approximate surface area is 177 Å². The number of nitrogens with one attached hydrogen (secondary N) is 2. The van der Waals surface area contributed by atoms with E-state index in [4.69, 9.17) is 0 Å². The molecule has 1 heterocycles. The number of aromatic nitrogens is 2. The molecule has 1 aromatic heterocycles. The molecule has 0 aliphatic heterocycles. The van der Waals surface area contributed by atoms with Crippen molar-refractivity contribution in [2.45, 2.75) is 39.3 Å². The van der Waals surface area contributed by atoms with Crippen LogP contribution in [0.1, 0.15) is 47.8 Å². The second kappa shape index (κ2) is 9.39. The van der Waals surface area contributed by atoms with Gasteiger partial charge in [-0.15, -0.1) is 0 Å². The molecule has 0 bridgehead atoms. The van der Waals surface area contributed by atoms with E-state index in [2.05, 4.69) is 36.5 Å². The van der Waals surface area contributed by atoms with Gasteiger partial charge in [-0.3, -0.25) is 14.3 Å². The molecule has 6 heteroatoms. The van der Waals surface area contributed by atoms with Crippen molar-refractivity contribution in [2.24, 2.45) is 0 Å². The van der Waals surface area contributed by atoms with Gasteiger partial charge < -0.3 is 10.6 Å². The smallest absolute Gasteiger partial charge is 0.251 e. The number of carbonyl (C=O) groups is 2. The molecule has 3 rings (SSSR count). The molecule has 2 aromatic carbocycles. The van der Waals surface area contributed by atoms with E-state index in [0.717, 1.165) is 16.7 Å². The van der Waals surface area contributed by atoms with E-state index in [-0.39, 0.29) is 23.8 Å². The highest BCUT2D eigenvalue weighted by atomic mass is 16.2. The predicted octanol–water partition coefficient (Wildman–Crippen LogP) is 3.28. The van der Waals surface area contributed by atoms with E-state index in [0.29, 0.717) is 18.7 Å². The minimum absolute atomic E-state index is 0.0304. The summed E-state index contributed by atoms with van der Waals surface area (Å²) in [5, 5.41) is 9.78. The van der Waals surface area contributed by atoms with E-state index < -0.39 is 0 Å². The summed E-state index contributed by atoms with van der Waals surface area (Å²) in [6.45, 7) is 7.34. The summed E-state index contributed by atoms with van der Waals surface area (Å²) < 4.78 is 1.84. The highest BCUT2D eigenvalue weighted by molar-refractivity contribution is 5.96. The fraction of sp³-hybridized carbons (Fsp3) is 0.292. The van der Waals surface area contributed by atoms with E-state index in [1.807, 2.05) is 53.3 Å². The molecular weight excluding hydrogens is 376 g/mol. The predicted molar refractivity (Wildman–Crippen MR) is 117 cm³/mol. The Bertz CT molecular complexity index is 987. The Kier molecular flexibility index (Phi) is 6.67. The summed E-state index contributed by atoms with van der Waals surface area (Å²) >= 11 is 0. The molecule has 0 saturated heterocycles. The van der Waals surface area contributed by atoms with Gasteiger partial charge in [0.1, 0.15) is 0 Å². The van der Waals surface area contributed by atoms with Crippen LogP contribution < -0.4 is 10.6 Å². The normalized spacial score (nSPS) is 11.2. The van der Waals surface area contributed by atoms with Crippen LogP contribution in [0, 0.1) is 0 Å². The van der Waals surface area contributed by atoms with Crippen molar-refractivity contribution in [3.8, 4) is 0 Å². The van der Waals surface area contributed by atoms with Crippen molar-refractivity contribution < 1.29 is 9.59 Å². The first kappa shape index (κ1) is 21.3. The zero-order valence-corrected chi connectivity index (χ0v) is 17.7. The van der Waals surface area contributed by atoms with E-state index in [1.54, 1.807) is 18.3 Å². The van der Waals surface area contributed by atoms with Gasteiger partial charge in [-0.25, -0.2) is 0 Å². The maximum absolute atomic E-state index is 12.3. The Balaban J connectivity index is 1.50. The average Bonchev–Trinajstić information content (AvgIpc) is 3.24. The minimum atomic E-state index is -0.260. The lowest BCUT2D eigenvalue weighted by Crippen LogP contribution is -2.36. The number of hydrogen-bond donors (Lipinski definition) is 2. The van der Waals surface area contributed by atoms with Gasteiger partial charge in [-0.1, -0.05) is 57.2 Å². The van der Waals surface area contributed by atoms with Crippen LogP contribution in [0.3, 0.4) is 0 Å².